The van der Waals surface area contributed by atoms with Crippen LogP contribution in [0.4, 0.5) is 5.69 Å². The quantitative estimate of drug-likeness (QED) is 0.652. The molecule has 0 spiro atoms. The fourth-order valence-electron chi connectivity index (χ4n) is 2.13. The van der Waals surface area contributed by atoms with Gasteiger partial charge in [0.15, 0.2) is 0 Å². The molecule has 118 valence electrons. The average molecular weight is 292 g/mol. The van der Waals surface area contributed by atoms with E-state index < -0.39 is 0 Å². The number of nitrogens with one attached hydrogen (secondary N) is 2. The highest BCUT2D eigenvalue weighted by Gasteiger charge is 2.13. The smallest absolute Gasteiger partial charge is 0.242 e. The van der Waals surface area contributed by atoms with Gasteiger partial charge < -0.3 is 15.4 Å². The number of amides is 1. The molecule has 1 atom stereocenters. The van der Waals surface area contributed by atoms with E-state index in [0.29, 0.717) is 6.61 Å². The molecule has 1 aromatic rings. The summed E-state index contributed by atoms with van der Waals surface area (Å²) in [5.74, 6) is 0.0487. The molecule has 1 amide bonds. The van der Waals surface area contributed by atoms with E-state index in [9.17, 15) is 4.79 Å². The summed E-state index contributed by atoms with van der Waals surface area (Å²) in [6.45, 7) is 5.48. The Kier molecular flexibility index (Phi) is 8.51. The number of ether oxygens (including phenoxy) is 1. The minimum absolute atomic E-state index is 0.0487. The Hall–Kier alpha value is -1.55. The van der Waals surface area contributed by atoms with Crippen LogP contribution in [0.15, 0.2) is 24.3 Å². The van der Waals surface area contributed by atoms with Gasteiger partial charge in [-0.05, 0) is 31.4 Å². The first-order chi connectivity index (χ1) is 10.2. The van der Waals surface area contributed by atoms with Crippen molar-refractivity contribution in [2.24, 2.45) is 0 Å². The summed E-state index contributed by atoms with van der Waals surface area (Å²) in [6, 6.07) is 7.81. The number of anilines is 1. The van der Waals surface area contributed by atoms with E-state index >= 15 is 0 Å². The Morgan fingerprint density at radius 1 is 1.29 bits per heavy atom. The van der Waals surface area contributed by atoms with Crippen LogP contribution in [0.25, 0.3) is 0 Å². The topological polar surface area (TPSA) is 50.4 Å². The first-order valence-electron chi connectivity index (χ1n) is 7.80. The second-order valence-corrected chi connectivity index (χ2v) is 5.26. The number of methoxy groups -OCH3 is 1. The summed E-state index contributed by atoms with van der Waals surface area (Å²) in [7, 11) is 1.70. The molecule has 2 N–H and O–H groups in total. The van der Waals surface area contributed by atoms with Gasteiger partial charge >= 0.3 is 0 Å². The molecule has 0 radical (unpaired) electrons. The first-order valence-corrected chi connectivity index (χ1v) is 7.80. The van der Waals surface area contributed by atoms with Crippen molar-refractivity contribution >= 4 is 11.6 Å². The van der Waals surface area contributed by atoms with Crippen molar-refractivity contribution in [1.82, 2.24) is 5.32 Å². The molecule has 0 saturated carbocycles. The Bertz CT molecular complexity index is 421. The number of hydrogen-bond donors (Lipinski definition) is 2. The first kappa shape index (κ1) is 17.5. The summed E-state index contributed by atoms with van der Waals surface area (Å²) >= 11 is 0. The number of benzene rings is 1. The summed E-state index contributed by atoms with van der Waals surface area (Å²) < 4.78 is 5.12. The predicted molar refractivity (Wildman–Crippen MR) is 87.6 cm³/mol. The van der Waals surface area contributed by atoms with Crippen molar-refractivity contribution in [3.63, 3.8) is 0 Å². The Balaban J connectivity index is 2.49. The van der Waals surface area contributed by atoms with Crippen LogP contribution in [0.3, 0.4) is 0 Å². The van der Waals surface area contributed by atoms with Gasteiger partial charge in [0.1, 0.15) is 6.04 Å². The lowest BCUT2D eigenvalue weighted by atomic mass is 10.1. The molecule has 4 heteroatoms. The Morgan fingerprint density at radius 2 is 2.05 bits per heavy atom. The fourth-order valence-corrected chi connectivity index (χ4v) is 2.13. The van der Waals surface area contributed by atoms with Crippen LogP contribution in [-0.4, -0.2) is 32.2 Å². The molecule has 1 unspecified atom stereocenters. The third-order valence-electron chi connectivity index (χ3n) is 3.44. The predicted octanol–water partition coefficient (Wildman–Crippen LogP) is 2.98. The molecule has 1 rings (SSSR count). The van der Waals surface area contributed by atoms with Gasteiger partial charge in [0.05, 0.1) is 6.61 Å². The molecule has 21 heavy (non-hydrogen) atoms. The fraction of sp³-hybridized carbons (Fsp3) is 0.588. The van der Waals surface area contributed by atoms with E-state index in [2.05, 4.69) is 23.6 Å². The lowest BCUT2D eigenvalue weighted by molar-refractivity contribution is -0.121. The van der Waals surface area contributed by atoms with Crippen LogP contribution >= 0.6 is 0 Å². The normalized spacial score (nSPS) is 12.0. The van der Waals surface area contributed by atoms with Crippen LogP contribution in [0.2, 0.25) is 0 Å². The monoisotopic (exact) mass is 292 g/mol. The van der Waals surface area contributed by atoms with Gasteiger partial charge in [0.2, 0.25) is 5.91 Å². The van der Waals surface area contributed by atoms with Gasteiger partial charge in [-0.3, -0.25) is 4.79 Å². The molecule has 0 aliphatic heterocycles. The lowest BCUT2D eigenvalue weighted by Crippen LogP contribution is -2.38. The van der Waals surface area contributed by atoms with Gasteiger partial charge in [-0.15, -0.1) is 0 Å². The van der Waals surface area contributed by atoms with Crippen LogP contribution in [-0.2, 0) is 16.0 Å². The van der Waals surface area contributed by atoms with Crippen molar-refractivity contribution in [3.8, 4) is 0 Å². The molecule has 0 heterocycles. The summed E-state index contributed by atoms with van der Waals surface area (Å²) in [5.41, 5.74) is 2.18. The van der Waals surface area contributed by atoms with Gasteiger partial charge in [-0.2, -0.15) is 0 Å². The van der Waals surface area contributed by atoms with Crippen molar-refractivity contribution in [2.75, 3.05) is 25.6 Å². The lowest BCUT2D eigenvalue weighted by Gasteiger charge is -2.18. The van der Waals surface area contributed by atoms with Crippen molar-refractivity contribution in [3.05, 3.63) is 29.8 Å². The number of para-hydroxylation sites is 1. The number of hydrogen-bond acceptors (Lipinski definition) is 3. The highest BCUT2D eigenvalue weighted by Crippen LogP contribution is 2.16. The third-order valence-corrected chi connectivity index (χ3v) is 3.44. The van der Waals surface area contributed by atoms with Gasteiger partial charge in [0, 0.05) is 19.3 Å². The zero-order valence-corrected chi connectivity index (χ0v) is 13.4. The molecule has 1 aromatic carbocycles. The molecule has 0 aromatic heterocycles. The van der Waals surface area contributed by atoms with Crippen LogP contribution in [0.5, 0.6) is 0 Å². The largest absolute Gasteiger partial charge is 0.384 e. The number of rotatable bonds is 10. The molecule has 0 saturated heterocycles. The second-order valence-electron chi connectivity index (χ2n) is 5.26. The number of unbranched alkanes of at least 4 members (excludes halogenated alkanes) is 2. The summed E-state index contributed by atoms with van der Waals surface area (Å²) in [4.78, 5) is 12.0. The maximum Gasteiger partial charge on any atom is 0.242 e. The zero-order chi connectivity index (χ0) is 15.5. The molecular formula is C17H28N2O2. The van der Waals surface area contributed by atoms with E-state index in [-0.39, 0.29) is 11.9 Å². The van der Waals surface area contributed by atoms with E-state index in [1.807, 2.05) is 25.1 Å². The average Bonchev–Trinajstić information content (AvgIpc) is 2.50. The van der Waals surface area contributed by atoms with E-state index in [4.69, 9.17) is 4.74 Å². The standard InChI is InChI=1S/C17H28N2O2/c1-4-5-8-12-18-17(20)14(2)19-16-10-7-6-9-15(16)11-13-21-3/h6-7,9-10,14,19H,4-5,8,11-13H2,1-3H3,(H,18,20). The third kappa shape index (κ3) is 6.63. The Morgan fingerprint density at radius 3 is 2.76 bits per heavy atom. The zero-order valence-electron chi connectivity index (χ0n) is 13.4. The minimum atomic E-state index is -0.240. The van der Waals surface area contributed by atoms with Crippen LogP contribution in [0, 0.1) is 0 Å². The van der Waals surface area contributed by atoms with Gasteiger partial charge in [-0.1, -0.05) is 38.0 Å². The van der Waals surface area contributed by atoms with Crippen molar-refractivity contribution in [1.29, 1.82) is 0 Å². The number of carbonyl (C=O) groups excluding carboxylic acids is 1. The minimum Gasteiger partial charge on any atom is -0.384 e. The van der Waals surface area contributed by atoms with Crippen molar-refractivity contribution in [2.45, 2.75) is 45.6 Å². The van der Waals surface area contributed by atoms with Crippen LogP contribution < -0.4 is 10.6 Å². The maximum absolute atomic E-state index is 12.0. The van der Waals surface area contributed by atoms with Crippen LogP contribution in [0.1, 0.15) is 38.7 Å². The van der Waals surface area contributed by atoms with E-state index in [1.165, 1.54) is 5.56 Å². The van der Waals surface area contributed by atoms with E-state index in [0.717, 1.165) is 37.9 Å². The Labute approximate surface area is 128 Å². The van der Waals surface area contributed by atoms with Crippen molar-refractivity contribution < 1.29 is 9.53 Å². The van der Waals surface area contributed by atoms with Gasteiger partial charge in [-0.25, -0.2) is 0 Å². The molecule has 0 bridgehead atoms. The molecule has 4 nitrogen and oxygen atoms in total. The molecular weight excluding hydrogens is 264 g/mol. The van der Waals surface area contributed by atoms with E-state index in [1.54, 1.807) is 7.11 Å². The van der Waals surface area contributed by atoms with Gasteiger partial charge in [0.25, 0.3) is 0 Å². The highest BCUT2D eigenvalue weighted by atomic mass is 16.5. The summed E-state index contributed by atoms with van der Waals surface area (Å²) in [5, 5.41) is 6.27. The second kappa shape index (κ2) is 10.2. The molecule has 0 aliphatic carbocycles. The summed E-state index contributed by atoms with van der Waals surface area (Å²) in [6.07, 6.45) is 4.20. The molecule has 0 aliphatic rings. The maximum atomic E-state index is 12.0. The molecule has 0 fully saturated rings. The highest BCUT2D eigenvalue weighted by molar-refractivity contribution is 5.84. The SMILES string of the molecule is CCCCCNC(=O)C(C)Nc1ccccc1CCOC. The number of carbonyl (C=O) groups is 1.